The molecule has 0 bridgehead atoms. The number of amides is 1. The van der Waals surface area contributed by atoms with Crippen molar-refractivity contribution in [2.45, 2.75) is 38.1 Å². The zero-order chi connectivity index (χ0) is 23.3. The van der Waals surface area contributed by atoms with Crippen molar-refractivity contribution in [1.29, 1.82) is 5.26 Å². The molecule has 34 heavy (non-hydrogen) atoms. The van der Waals surface area contributed by atoms with Gasteiger partial charge in [0.25, 0.3) is 0 Å². The number of rotatable bonds is 3. The maximum Gasteiger partial charge on any atom is 0.410 e. The Balaban J connectivity index is 1.42. The molecule has 2 aliphatic rings. The first-order valence-corrected chi connectivity index (χ1v) is 11.9. The number of aromatic nitrogens is 1. The van der Waals surface area contributed by atoms with E-state index >= 15 is 0 Å². The fraction of sp³-hybridized carbons (Fsp3) is 0.407. The van der Waals surface area contributed by atoms with Crippen LogP contribution in [0.25, 0.3) is 10.9 Å². The summed E-state index contributed by atoms with van der Waals surface area (Å²) in [4.78, 5) is 18.4. The van der Waals surface area contributed by atoms with Crippen molar-refractivity contribution in [2.24, 2.45) is 5.92 Å². The van der Waals surface area contributed by atoms with Crippen LogP contribution in [0.1, 0.15) is 35.6 Å². The van der Waals surface area contributed by atoms with Gasteiger partial charge in [0.05, 0.1) is 25.2 Å². The van der Waals surface area contributed by atoms with Crippen LogP contribution < -0.4 is 0 Å². The summed E-state index contributed by atoms with van der Waals surface area (Å²) in [5.41, 5.74) is 4.00. The number of carbonyl (C=O) groups excluding carboxylic acids is 1. The molecule has 0 spiro atoms. The van der Waals surface area contributed by atoms with E-state index in [-0.39, 0.29) is 30.8 Å². The van der Waals surface area contributed by atoms with Gasteiger partial charge in [-0.25, -0.2) is 4.79 Å². The van der Waals surface area contributed by atoms with Gasteiger partial charge in [-0.2, -0.15) is 5.26 Å². The summed E-state index contributed by atoms with van der Waals surface area (Å²) in [5.74, 6) is -0.300. The first-order chi connectivity index (χ1) is 16.7. The van der Waals surface area contributed by atoms with E-state index in [9.17, 15) is 10.1 Å². The highest BCUT2D eigenvalue weighted by Crippen LogP contribution is 2.35. The molecule has 7 heteroatoms. The molecule has 1 N–H and O–H groups in total. The molecule has 2 atom stereocenters. The second-order valence-electron chi connectivity index (χ2n) is 8.92. The fourth-order valence-electron chi connectivity index (χ4n) is 5.01. The highest BCUT2D eigenvalue weighted by molar-refractivity contribution is 5.85. The third kappa shape index (κ3) is 4.79. The second-order valence-corrected chi connectivity index (χ2v) is 8.92. The summed E-state index contributed by atoms with van der Waals surface area (Å²) in [5, 5.41) is 11.2. The minimum Gasteiger partial charge on any atom is -0.445 e. The highest BCUT2D eigenvalue weighted by atomic mass is 16.7. The number of hydrogen-bond acceptors (Lipinski definition) is 5. The number of para-hydroxylation sites is 1. The maximum absolute atomic E-state index is 13.1. The summed E-state index contributed by atoms with van der Waals surface area (Å²) in [6.07, 6.45) is 1.26. The Morgan fingerprint density at radius 3 is 2.65 bits per heavy atom. The van der Waals surface area contributed by atoms with Crippen LogP contribution in [0.5, 0.6) is 0 Å². The summed E-state index contributed by atoms with van der Waals surface area (Å²) in [6, 6.07) is 20.3. The van der Waals surface area contributed by atoms with E-state index in [2.05, 4.69) is 17.1 Å². The molecule has 176 valence electrons. The molecule has 3 aromatic rings. The Hall–Kier alpha value is -3.34. The molecule has 2 aliphatic heterocycles. The summed E-state index contributed by atoms with van der Waals surface area (Å²) in [7, 11) is 0. The average molecular weight is 460 g/mol. The molecule has 1 saturated heterocycles. The normalized spacial score (nSPS) is 21.7. The first-order valence-electron chi connectivity index (χ1n) is 11.9. The summed E-state index contributed by atoms with van der Waals surface area (Å²) < 4.78 is 17.3. The Kier molecular flexibility index (Phi) is 6.79. The first kappa shape index (κ1) is 22.5. The number of aromatic amines is 1. The van der Waals surface area contributed by atoms with E-state index in [0.717, 1.165) is 27.7 Å². The zero-order valence-corrected chi connectivity index (χ0v) is 19.1. The van der Waals surface area contributed by atoms with Crippen LogP contribution in [-0.4, -0.2) is 48.6 Å². The number of carbonyl (C=O) groups is 1. The van der Waals surface area contributed by atoms with Gasteiger partial charge in [0.1, 0.15) is 6.61 Å². The van der Waals surface area contributed by atoms with Crippen LogP contribution >= 0.6 is 0 Å². The van der Waals surface area contributed by atoms with Gasteiger partial charge in [-0.05, 0) is 36.5 Å². The Morgan fingerprint density at radius 2 is 1.85 bits per heavy atom. The van der Waals surface area contributed by atoms with Crippen molar-refractivity contribution in [2.75, 3.05) is 26.3 Å². The lowest BCUT2D eigenvalue weighted by Gasteiger charge is -2.30. The quantitative estimate of drug-likeness (QED) is 0.611. The molecule has 0 saturated carbocycles. The SMILES string of the molecule is N#C[C@@H]1C[C@@H](C2OCCO2)CCN(C(=O)OCc2ccccc2)CCc2c1[nH]c1ccccc21. The smallest absolute Gasteiger partial charge is 0.410 e. The van der Waals surface area contributed by atoms with Crippen LogP contribution in [-0.2, 0) is 27.2 Å². The van der Waals surface area contributed by atoms with Crippen molar-refractivity contribution >= 4 is 17.0 Å². The third-order valence-corrected chi connectivity index (χ3v) is 6.79. The summed E-state index contributed by atoms with van der Waals surface area (Å²) in [6.45, 7) is 2.39. The number of hydrogen-bond donors (Lipinski definition) is 1. The largest absolute Gasteiger partial charge is 0.445 e. The molecule has 5 rings (SSSR count). The van der Waals surface area contributed by atoms with E-state index in [1.807, 2.05) is 48.5 Å². The summed E-state index contributed by atoms with van der Waals surface area (Å²) >= 11 is 0. The van der Waals surface area contributed by atoms with E-state index < -0.39 is 0 Å². The van der Waals surface area contributed by atoms with E-state index in [4.69, 9.17) is 14.2 Å². The van der Waals surface area contributed by atoms with Crippen LogP contribution in [0.3, 0.4) is 0 Å². The van der Waals surface area contributed by atoms with Crippen LogP contribution in [0.2, 0.25) is 0 Å². The predicted octanol–water partition coefficient (Wildman–Crippen LogP) is 4.74. The molecule has 1 amide bonds. The fourth-order valence-corrected chi connectivity index (χ4v) is 5.01. The Morgan fingerprint density at radius 1 is 1.09 bits per heavy atom. The molecule has 7 nitrogen and oxygen atoms in total. The van der Waals surface area contributed by atoms with Gasteiger partial charge in [0.15, 0.2) is 6.29 Å². The van der Waals surface area contributed by atoms with E-state index in [1.54, 1.807) is 4.90 Å². The lowest BCUT2D eigenvalue weighted by atomic mass is 9.87. The molecule has 0 unspecified atom stereocenters. The van der Waals surface area contributed by atoms with Gasteiger partial charge in [0, 0.05) is 35.6 Å². The molecule has 1 fully saturated rings. The van der Waals surface area contributed by atoms with Gasteiger partial charge in [-0.1, -0.05) is 48.5 Å². The molecule has 0 aliphatic carbocycles. The number of nitrogens with zero attached hydrogens (tertiary/aromatic N) is 2. The number of fused-ring (bicyclic) bond motifs is 3. The molecular weight excluding hydrogens is 430 g/mol. The average Bonchev–Trinajstić information content (AvgIpc) is 3.54. The number of nitrogens with one attached hydrogen (secondary N) is 1. The molecule has 2 aromatic carbocycles. The third-order valence-electron chi connectivity index (χ3n) is 6.79. The van der Waals surface area contributed by atoms with Gasteiger partial charge in [0.2, 0.25) is 0 Å². The lowest BCUT2D eigenvalue weighted by Crippen LogP contribution is -2.37. The Bertz CT molecular complexity index is 1160. The maximum atomic E-state index is 13.1. The minimum absolute atomic E-state index is 0.00562. The van der Waals surface area contributed by atoms with Crippen molar-refractivity contribution in [3.8, 4) is 6.07 Å². The van der Waals surface area contributed by atoms with Crippen LogP contribution in [0.4, 0.5) is 4.79 Å². The minimum atomic E-state index is -0.356. The number of H-pyrrole nitrogens is 1. The number of nitriles is 1. The second kappa shape index (κ2) is 10.3. The van der Waals surface area contributed by atoms with Crippen LogP contribution in [0.15, 0.2) is 54.6 Å². The van der Waals surface area contributed by atoms with Crippen LogP contribution in [0, 0.1) is 17.2 Å². The number of benzene rings is 2. The van der Waals surface area contributed by atoms with Crippen molar-refractivity contribution < 1.29 is 19.0 Å². The highest BCUT2D eigenvalue weighted by Gasteiger charge is 2.33. The standard InChI is InChI=1S/C27H29N3O4/c28-17-21-16-20(26-32-14-15-33-26)10-12-30(27(31)34-18-19-6-2-1-3-7-19)13-11-23-22-8-4-5-9-24(22)29-25(21)23/h1-9,20-21,26,29H,10-16,18H2/t20-,21-/m0/s1. The van der Waals surface area contributed by atoms with Gasteiger partial charge in [-0.15, -0.1) is 0 Å². The van der Waals surface area contributed by atoms with Crippen molar-refractivity contribution in [3.05, 3.63) is 71.4 Å². The van der Waals surface area contributed by atoms with Crippen molar-refractivity contribution in [3.63, 3.8) is 0 Å². The van der Waals surface area contributed by atoms with E-state index in [0.29, 0.717) is 45.6 Å². The Labute approximate surface area is 199 Å². The molecule has 1 aromatic heterocycles. The monoisotopic (exact) mass is 459 g/mol. The lowest BCUT2D eigenvalue weighted by molar-refractivity contribution is -0.0897. The molecule has 3 heterocycles. The van der Waals surface area contributed by atoms with Gasteiger partial charge >= 0.3 is 6.09 Å². The topological polar surface area (TPSA) is 87.6 Å². The van der Waals surface area contributed by atoms with E-state index in [1.165, 1.54) is 0 Å². The molecule has 0 radical (unpaired) electrons. The predicted molar refractivity (Wildman–Crippen MR) is 127 cm³/mol. The molecular formula is C27H29N3O4. The van der Waals surface area contributed by atoms with Gasteiger partial charge < -0.3 is 24.1 Å². The number of ether oxygens (including phenoxy) is 3. The van der Waals surface area contributed by atoms with Gasteiger partial charge in [-0.3, -0.25) is 0 Å². The zero-order valence-electron chi connectivity index (χ0n) is 19.1. The van der Waals surface area contributed by atoms with Crippen molar-refractivity contribution in [1.82, 2.24) is 9.88 Å².